The van der Waals surface area contributed by atoms with E-state index in [1.807, 2.05) is 18.2 Å². The summed E-state index contributed by atoms with van der Waals surface area (Å²) in [6.07, 6.45) is 6.01. The Morgan fingerprint density at radius 2 is 2.11 bits per heavy atom. The first kappa shape index (κ1) is 11.3. The molecular formula is C13H14N4S. The first-order valence-electron chi connectivity index (χ1n) is 6.05. The lowest BCUT2D eigenvalue weighted by Crippen LogP contribution is -2.04. The molecule has 0 atom stereocenters. The van der Waals surface area contributed by atoms with Crippen LogP contribution in [0.4, 0.5) is 5.82 Å². The SMILES string of the molecule is S=c1cc(NCc2ccncc2)[nH]c(C2CC2)n1. The third kappa shape index (κ3) is 2.73. The van der Waals surface area contributed by atoms with Crippen LogP contribution in [0.15, 0.2) is 30.6 Å². The molecule has 1 aliphatic carbocycles. The molecule has 2 heterocycles. The van der Waals surface area contributed by atoms with E-state index in [1.165, 1.54) is 18.4 Å². The average molecular weight is 258 g/mol. The second-order valence-corrected chi connectivity index (χ2v) is 4.92. The van der Waals surface area contributed by atoms with Crippen LogP contribution < -0.4 is 5.32 Å². The molecule has 5 heteroatoms. The van der Waals surface area contributed by atoms with Crippen LogP contribution >= 0.6 is 12.2 Å². The number of nitrogens with zero attached hydrogens (tertiary/aromatic N) is 2. The van der Waals surface area contributed by atoms with Gasteiger partial charge in [-0.2, -0.15) is 0 Å². The number of H-pyrrole nitrogens is 1. The maximum absolute atomic E-state index is 5.18. The van der Waals surface area contributed by atoms with Gasteiger partial charge in [-0.05, 0) is 30.5 Å². The van der Waals surface area contributed by atoms with Crippen LogP contribution in [-0.4, -0.2) is 15.0 Å². The fraction of sp³-hybridized carbons (Fsp3) is 0.308. The lowest BCUT2D eigenvalue weighted by atomic mass is 10.3. The average Bonchev–Trinajstić information content (AvgIpc) is 3.21. The van der Waals surface area contributed by atoms with Crippen molar-refractivity contribution >= 4 is 18.0 Å². The summed E-state index contributed by atoms with van der Waals surface area (Å²) in [5.74, 6) is 2.53. The fourth-order valence-electron chi connectivity index (χ4n) is 1.82. The van der Waals surface area contributed by atoms with E-state index in [1.54, 1.807) is 12.4 Å². The first-order valence-corrected chi connectivity index (χ1v) is 6.46. The molecule has 2 aromatic heterocycles. The lowest BCUT2D eigenvalue weighted by molar-refractivity contribution is 0.914. The molecular weight excluding hydrogens is 244 g/mol. The van der Waals surface area contributed by atoms with Gasteiger partial charge in [-0.25, -0.2) is 4.98 Å². The van der Waals surface area contributed by atoms with Crippen LogP contribution in [-0.2, 0) is 6.54 Å². The minimum atomic E-state index is 0.578. The highest BCUT2D eigenvalue weighted by Gasteiger charge is 2.25. The van der Waals surface area contributed by atoms with Gasteiger partial charge in [0.15, 0.2) is 0 Å². The molecule has 92 valence electrons. The predicted molar refractivity (Wildman–Crippen MR) is 73.0 cm³/mol. The number of pyridine rings is 1. The van der Waals surface area contributed by atoms with Crippen LogP contribution in [0.5, 0.6) is 0 Å². The molecule has 0 aromatic carbocycles. The zero-order valence-electron chi connectivity index (χ0n) is 9.89. The van der Waals surface area contributed by atoms with E-state index in [9.17, 15) is 0 Å². The maximum atomic E-state index is 5.18. The van der Waals surface area contributed by atoms with Crippen molar-refractivity contribution in [3.05, 3.63) is 46.6 Å². The molecule has 0 unspecified atom stereocenters. The number of anilines is 1. The summed E-state index contributed by atoms with van der Waals surface area (Å²) >= 11 is 5.18. The quantitative estimate of drug-likeness (QED) is 0.828. The number of hydrogen-bond acceptors (Lipinski definition) is 4. The van der Waals surface area contributed by atoms with Crippen molar-refractivity contribution < 1.29 is 0 Å². The lowest BCUT2D eigenvalue weighted by Gasteiger charge is -2.08. The van der Waals surface area contributed by atoms with Crippen molar-refractivity contribution in [1.29, 1.82) is 0 Å². The number of rotatable bonds is 4. The van der Waals surface area contributed by atoms with E-state index in [0.29, 0.717) is 10.6 Å². The van der Waals surface area contributed by atoms with Crippen molar-refractivity contribution in [2.24, 2.45) is 0 Å². The van der Waals surface area contributed by atoms with Crippen LogP contribution in [0, 0.1) is 4.64 Å². The van der Waals surface area contributed by atoms with Gasteiger partial charge in [-0.15, -0.1) is 0 Å². The van der Waals surface area contributed by atoms with E-state index in [0.717, 1.165) is 18.2 Å². The molecule has 0 spiro atoms. The Kier molecular flexibility index (Phi) is 3.06. The van der Waals surface area contributed by atoms with Gasteiger partial charge in [-0.3, -0.25) is 4.98 Å². The Labute approximate surface area is 111 Å². The molecule has 0 amide bonds. The van der Waals surface area contributed by atoms with Crippen molar-refractivity contribution in [3.63, 3.8) is 0 Å². The highest BCUT2D eigenvalue weighted by atomic mass is 32.1. The Hall–Kier alpha value is -1.75. The van der Waals surface area contributed by atoms with E-state index in [2.05, 4.69) is 20.3 Å². The van der Waals surface area contributed by atoms with Gasteiger partial charge < -0.3 is 10.3 Å². The van der Waals surface area contributed by atoms with Gasteiger partial charge in [0.25, 0.3) is 0 Å². The summed E-state index contributed by atoms with van der Waals surface area (Å²) in [6.45, 7) is 0.752. The number of nitrogens with one attached hydrogen (secondary N) is 2. The van der Waals surface area contributed by atoms with Gasteiger partial charge in [-0.1, -0.05) is 12.2 Å². The third-order valence-electron chi connectivity index (χ3n) is 2.96. The molecule has 1 fully saturated rings. The Balaban J connectivity index is 1.74. The minimum Gasteiger partial charge on any atom is -0.367 e. The molecule has 3 rings (SSSR count). The van der Waals surface area contributed by atoms with Gasteiger partial charge in [0.2, 0.25) is 0 Å². The zero-order valence-corrected chi connectivity index (χ0v) is 10.7. The molecule has 0 bridgehead atoms. The number of aromatic nitrogens is 3. The second-order valence-electron chi connectivity index (χ2n) is 4.50. The Bertz CT molecular complexity index is 589. The zero-order chi connectivity index (χ0) is 12.4. The fourth-order valence-corrected chi connectivity index (χ4v) is 2.04. The molecule has 0 saturated heterocycles. The standard InChI is InChI=1S/C13H14N4S/c18-12-7-11(16-13(17-12)10-1-2-10)15-8-9-3-5-14-6-4-9/h3-7,10H,1-2,8H2,(H2,15,16,17,18). The maximum Gasteiger partial charge on any atom is 0.131 e. The first-order chi connectivity index (χ1) is 8.81. The number of aromatic amines is 1. The number of hydrogen-bond donors (Lipinski definition) is 2. The van der Waals surface area contributed by atoms with Crippen LogP contribution in [0.3, 0.4) is 0 Å². The summed E-state index contributed by atoms with van der Waals surface area (Å²) in [6, 6.07) is 5.84. The summed E-state index contributed by atoms with van der Waals surface area (Å²) in [4.78, 5) is 11.7. The van der Waals surface area contributed by atoms with E-state index >= 15 is 0 Å². The molecule has 18 heavy (non-hydrogen) atoms. The molecule has 4 nitrogen and oxygen atoms in total. The molecule has 1 saturated carbocycles. The molecule has 1 aliphatic rings. The van der Waals surface area contributed by atoms with Crippen molar-refractivity contribution in [1.82, 2.24) is 15.0 Å². The summed E-state index contributed by atoms with van der Waals surface area (Å²) in [5.41, 5.74) is 1.19. The molecule has 0 aliphatic heterocycles. The van der Waals surface area contributed by atoms with E-state index < -0.39 is 0 Å². The van der Waals surface area contributed by atoms with Gasteiger partial charge in [0.1, 0.15) is 16.3 Å². The monoisotopic (exact) mass is 258 g/mol. The van der Waals surface area contributed by atoms with Crippen LogP contribution in [0.1, 0.15) is 30.1 Å². The smallest absolute Gasteiger partial charge is 0.131 e. The molecule has 0 radical (unpaired) electrons. The largest absolute Gasteiger partial charge is 0.367 e. The minimum absolute atomic E-state index is 0.578. The Morgan fingerprint density at radius 1 is 1.33 bits per heavy atom. The topological polar surface area (TPSA) is 53.6 Å². The van der Waals surface area contributed by atoms with Crippen molar-refractivity contribution in [2.45, 2.75) is 25.3 Å². The summed E-state index contributed by atoms with van der Waals surface area (Å²) in [7, 11) is 0. The van der Waals surface area contributed by atoms with Gasteiger partial charge in [0, 0.05) is 30.9 Å². The predicted octanol–water partition coefficient (Wildman–Crippen LogP) is 3.02. The van der Waals surface area contributed by atoms with Gasteiger partial charge >= 0.3 is 0 Å². The van der Waals surface area contributed by atoms with Crippen LogP contribution in [0.25, 0.3) is 0 Å². The summed E-state index contributed by atoms with van der Waals surface area (Å²) in [5, 5.41) is 3.33. The normalized spacial score (nSPS) is 14.4. The third-order valence-corrected chi connectivity index (χ3v) is 3.17. The van der Waals surface area contributed by atoms with E-state index in [4.69, 9.17) is 12.2 Å². The van der Waals surface area contributed by atoms with Crippen LogP contribution in [0.2, 0.25) is 0 Å². The second kappa shape index (κ2) is 4.86. The van der Waals surface area contributed by atoms with Gasteiger partial charge in [0.05, 0.1) is 0 Å². The van der Waals surface area contributed by atoms with E-state index in [-0.39, 0.29) is 0 Å². The van der Waals surface area contributed by atoms with Crippen molar-refractivity contribution in [3.8, 4) is 0 Å². The summed E-state index contributed by atoms with van der Waals surface area (Å²) < 4.78 is 0.646. The highest BCUT2D eigenvalue weighted by molar-refractivity contribution is 7.71. The van der Waals surface area contributed by atoms with Crippen molar-refractivity contribution in [2.75, 3.05) is 5.32 Å². The molecule has 2 aromatic rings. The molecule has 2 N–H and O–H groups in total. The Morgan fingerprint density at radius 3 is 2.83 bits per heavy atom. The highest BCUT2D eigenvalue weighted by Crippen LogP contribution is 2.38.